The van der Waals surface area contributed by atoms with Gasteiger partial charge in [-0.15, -0.1) is 12.4 Å². The maximum atomic E-state index is 12.6. The lowest BCUT2D eigenvalue weighted by atomic mass is 10.2. The van der Waals surface area contributed by atoms with Crippen LogP contribution in [0.5, 0.6) is 0 Å². The Labute approximate surface area is 139 Å². The van der Waals surface area contributed by atoms with Gasteiger partial charge in [0.25, 0.3) is 5.91 Å². The van der Waals surface area contributed by atoms with E-state index >= 15 is 0 Å². The van der Waals surface area contributed by atoms with E-state index in [4.69, 9.17) is 0 Å². The van der Waals surface area contributed by atoms with E-state index in [-0.39, 0.29) is 18.3 Å². The summed E-state index contributed by atoms with van der Waals surface area (Å²) in [6.45, 7) is 9.01. The van der Waals surface area contributed by atoms with Gasteiger partial charge in [0.1, 0.15) is 5.69 Å². The number of halogens is 1. The molecule has 0 unspecified atom stereocenters. The van der Waals surface area contributed by atoms with Gasteiger partial charge in [0, 0.05) is 19.6 Å². The third-order valence-electron chi connectivity index (χ3n) is 4.21. The van der Waals surface area contributed by atoms with Crippen LogP contribution in [0.2, 0.25) is 0 Å². The summed E-state index contributed by atoms with van der Waals surface area (Å²) in [5, 5.41) is 6.80. The zero-order valence-corrected chi connectivity index (χ0v) is 14.6. The van der Waals surface area contributed by atoms with Crippen LogP contribution in [-0.2, 0) is 0 Å². The summed E-state index contributed by atoms with van der Waals surface area (Å²) in [6, 6.07) is 0. The van der Waals surface area contributed by atoms with Gasteiger partial charge in [-0.2, -0.15) is 5.10 Å². The van der Waals surface area contributed by atoms with Crippen LogP contribution in [0.15, 0.2) is 6.20 Å². The standard InChI is InChI=1S/C16H28N4O.ClH/c1-3-8-20(16(21)15-14(2)13-17-18-15)12-11-19-9-6-4-5-7-10-19;/h13H,3-12H2,1-2H3,(H,17,18);1H. The molecule has 0 aromatic carbocycles. The number of rotatable bonds is 6. The number of aryl methyl sites for hydroxylation is 1. The molecule has 6 heteroatoms. The highest BCUT2D eigenvalue weighted by Crippen LogP contribution is 2.11. The number of nitrogens with one attached hydrogen (secondary N) is 1. The molecule has 2 heterocycles. The number of nitrogens with zero attached hydrogens (tertiary/aromatic N) is 3. The van der Waals surface area contributed by atoms with Crippen LogP contribution in [0.4, 0.5) is 0 Å². The van der Waals surface area contributed by atoms with Gasteiger partial charge in [0.2, 0.25) is 0 Å². The van der Waals surface area contributed by atoms with Crippen molar-refractivity contribution in [1.29, 1.82) is 0 Å². The Morgan fingerprint density at radius 1 is 1.27 bits per heavy atom. The van der Waals surface area contributed by atoms with E-state index in [1.165, 1.54) is 38.8 Å². The topological polar surface area (TPSA) is 52.2 Å². The number of likely N-dealkylation sites (tertiary alicyclic amines) is 1. The van der Waals surface area contributed by atoms with E-state index in [9.17, 15) is 4.79 Å². The fourth-order valence-corrected chi connectivity index (χ4v) is 2.93. The molecule has 0 aliphatic carbocycles. The number of carbonyl (C=O) groups is 1. The highest BCUT2D eigenvalue weighted by atomic mass is 35.5. The van der Waals surface area contributed by atoms with Crippen LogP contribution < -0.4 is 0 Å². The average Bonchev–Trinajstić information content (AvgIpc) is 2.75. The van der Waals surface area contributed by atoms with Crippen molar-refractivity contribution in [2.75, 3.05) is 32.7 Å². The molecule has 126 valence electrons. The lowest BCUT2D eigenvalue weighted by Crippen LogP contribution is -2.39. The Hall–Kier alpha value is -1.07. The molecular weight excluding hydrogens is 300 g/mol. The predicted octanol–water partition coefficient (Wildman–Crippen LogP) is 2.87. The Balaban J connectivity index is 0.00000242. The highest BCUT2D eigenvalue weighted by Gasteiger charge is 2.19. The molecule has 1 aliphatic heterocycles. The number of aromatic nitrogens is 2. The van der Waals surface area contributed by atoms with Crippen LogP contribution >= 0.6 is 12.4 Å². The molecule has 0 atom stereocenters. The minimum absolute atomic E-state index is 0. The van der Waals surface area contributed by atoms with Gasteiger partial charge in [-0.05, 0) is 44.8 Å². The van der Waals surface area contributed by atoms with Crippen molar-refractivity contribution in [3.05, 3.63) is 17.5 Å². The summed E-state index contributed by atoms with van der Waals surface area (Å²) in [4.78, 5) is 17.1. The third kappa shape index (κ3) is 5.29. The first kappa shape index (κ1) is 19.0. The number of amides is 1. The Morgan fingerprint density at radius 3 is 2.50 bits per heavy atom. The largest absolute Gasteiger partial charge is 0.336 e. The average molecular weight is 329 g/mol. The van der Waals surface area contributed by atoms with Gasteiger partial charge < -0.3 is 9.80 Å². The molecule has 1 N–H and O–H groups in total. The summed E-state index contributed by atoms with van der Waals surface area (Å²) in [5.74, 6) is 0.0849. The molecule has 22 heavy (non-hydrogen) atoms. The van der Waals surface area contributed by atoms with E-state index in [0.717, 1.165) is 31.6 Å². The van der Waals surface area contributed by atoms with E-state index < -0.39 is 0 Å². The third-order valence-corrected chi connectivity index (χ3v) is 4.21. The molecule has 1 fully saturated rings. The van der Waals surface area contributed by atoms with Gasteiger partial charge in [-0.3, -0.25) is 9.89 Å². The second-order valence-corrected chi connectivity index (χ2v) is 5.98. The Bertz CT molecular complexity index is 441. The smallest absolute Gasteiger partial charge is 0.272 e. The maximum Gasteiger partial charge on any atom is 0.272 e. The first-order chi connectivity index (χ1) is 10.2. The lowest BCUT2D eigenvalue weighted by Gasteiger charge is -2.26. The van der Waals surface area contributed by atoms with Crippen LogP contribution in [0.25, 0.3) is 0 Å². The minimum atomic E-state index is 0. The monoisotopic (exact) mass is 328 g/mol. The molecule has 1 aliphatic rings. The molecule has 0 spiro atoms. The molecule has 1 aromatic rings. The molecule has 5 nitrogen and oxygen atoms in total. The van der Waals surface area contributed by atoms with Crippen LogP contribution in [0, 0.1) is 6.92 Å². The van der Waals surface area contributed by atoms with Crippen LogP contribution in [-0.4, -0.2) is 58.6 Å². The summed E-state index contributed by atoms with van der Waals surface area (Å²) in [5.41, 5.74) is 1.56. The molecule has 0 bridgehead atoms. The fourth-order valence-electron chi connectivity index (χ4n) is 2.93. The van der Waals surface area contributed by atoms with E-state index in [0.29, 0.717) is 5.69 Å². The normalized spacial score (nSPS) is 15.9. The van der Waals surface area contributed by atoms with Gasteiger partial charge in [-0.1, -0.05) is 19.8 Å². The number of carbonyl (C=O) groups excluding carboxylic acids is 1. The van der Waals surface area contributed by atoms with Gasteiger partial charge in [0.05, 0.1) is 6.20 Å². The van der Waals surface area contributed by atoms with Crippen molar-refractivity contribution in [2.45, 2.75) is 46.0 Å². The van der Waals surface area contributed by atoms with Gasteiger partial charge in [-0.25, -0.2) is 0 Å². The highest BCUT2D eigenvalue weighted by molar-refractivity contribution is 5.93. The number of H-pyrrole nitrogens is 1. The summed E-state index contributed by atoms with van der Waals surface area (Å²) < 4.78 is 0. The lowest BCUT2D eigenvalue weighted by molar-refractivity contribution is 0.0729. The Kier molecular flexibility index (Phi) is 8.49. The van der Waals surface area contributed by atoms with E-state index in [1.807, 2.05) is 11.8 Å². The molecule has 2 rings (SSSR count). The zero-order chi connectivity index (χ0) is 15.1. The summed E-state index contributed by atoms with van der Waals surface area (Å²) in [6.07, 6.45) is 7.98. The minimum Gasteiger partial charge on any atom is -0.336 e. The predicted molar refractivity (Wildman–Crippen MR) is 91.7 cm³/mol. The van der Waals surface area contributed by atoms with Crippen molar-refractivity contribution in [2.24, 2.45) is 0 Å². The summed E-state index contributed by atoms with van der Waals surface area (Å²) in [7, 11) is 0. The number of hydrogen-bond acceptors (Lipinski definition) is 3. The van der Waals surface area contributed by atoms with E-state index in [2.05, 4.69) is 22.0 Å². The molecule has 1 aromatic heterocycles. The molecule has 1 amide bonds. The van der Waals surface area contributed by atoms with Crippen molar-refractivity contribution in [3.63, 3.8) is 0 Å². The fraction of sp³-hybridized carbons (Fsp3) is 0.750. The maximum absolute atomic E-state index is 12.6. The summed E-state index contributed by atoms with van der Waals surface area (Å²) >= 11 is 0. The Morgan fingerprint density at radius 2 is 1.95 bits per heavy atom. The van der Waals surface area contributed by atoms with Crippen molar-refractivity contribution < 1.29 is 4.79 Å². The molecule has 0 saturated carbocycles. The van der Waals surface area contributed by atoms with Crippen molar-refractivity contribution in [1.82, 2.24) is 20.0 Å². The molecule has 0 radical (unpaired) electrons. The second-order valence-electron chi connectivity index (χ2n) is 5.98. The van der Waals surface area contributed by atoms with Gasteiger partial charge >= 0.3 is 0 Å². The van der Waals surface area contributed by atoms with Crippen molar-refractivity contribution in [3.8, 4) is 0 Å². The SMILES string of the molecule is CCCN(CCN1CCCCCC1)C(=O)c1[nH]ncc1C.Cl. The van der Waals surface area contributed by atoms with Crippen LogP contribution in [0.3, 0.4) is 0 Å². The quantitative estimate of drug-likeness (QED) is 0.873. The second kappa shape index (κ2) is 9.85. The first-order valence-corrected chi connectivity index (χ1v) is 8.24. The van der Waals surface area contributed by atoms with Gasteiger partial charge in [0.15, 0.2) is 0 Å². The molecular formula is C16H29ClN4O. The number of aromatic amines is 1. The number of hydrogen-bond donors (Lipinski definition) is 1. The van der Waals surface area contributed by atoms with Crippen molar-refractivity contribution >= 4 is 18.3 Å². The van der Waals surface area contributed by atoms with Crippen LogP contribution in [0.1, 0.15) is 55.1 Å². The molecule has 1 saturated heterocycles. The first-order valence-electron chi connectivity index (χ1n) is 8.24. The van der Waals surface area contributed by atoms with E-state index in [1.54, 1.807) is 6.20 Å². The zero-order valence-electron chi connectivity index (χ0n) is 13.8.